The zero-order valence-corrected chi connectivity index (χ0v) is 13.9. The normalized spacial score (nSPS) is 12.2. The van der Waals surface area contributed by atoms with Crippen molar-refractivity contribution in [3.63, 3.8) is 0 Å². The summed E-state index contributed by atoms with van der Waals surface area (Å²) in [4.78, 5) is 0. The highest BCUT2D eigenvalue weighted by Gasteiger charge is 2.12. The number of benzene rings is 1. The lowest BCUT2D eigenvalue weighted by atomic mass is 10.0. The molecule has 0 aliphatic heterocycles. The summed E-state index contributed by atoms with van der Waals surface area (Å²) >= 11 is 0. The smallest absolute Gasteiger partial charge is 0.164 e. The van der Waals surface area contributed by atoms with Crippen molar-refractivity contribution in [1.82, 2.24) is 0 Å². The van der Waals surface area contributed by atoms with Crippen LogP contribution < -0.4 is 15.2 Å². The molecular formula is C18H31NO2. The molecule has 3 heteroatoms. The molecule has 0 saturated heterocycles. The summed E-state index contributed by atoms with van der Waals surface area (Å²) in [5.74, 6) is 1.68. The van der Waals surface area contributed by atoms with Crippen molar-refractivity contribution in [1.29, 1.82) is 0 Å². The van der Waals surface area contributed by atoms with Gasteiger partial charge < -0.3 is 15.2 Å². The second-order valence-electron chi connectivity index (χ2n) is 5.58. The van der Waals surface area contributed by atoms with Crippen LogP contribution in [-0.4, -0.2) is 19.8 Å². The van der Waals surface area contributed by atoms with E-state index < -0.39 is 0 Å². The predicted molar refractivity (Wildman–Crippen MR) is 89.2 cm³/mol. The van der Waals surface area contributed by atoms with Crippen molar-refractivity contribution >= 4 is 0 Å². The van der Waals surface area contributed by atoms with Gasteiger partial charge in [-0.25, -0.2) is 0 Å². The van der Waals surface area contributed by atoms with Crippen LogP contribution in [0.25, 0.3) is 0 Å². The van der Waals surface area contributed by atoms with Gasteiger partial charge in [-0.2, -0.15) is 0 Å². The summed E-state index contributed by atoms with van der Waals surface area (Å²) in [6.07, 6.45) is 7.99. The summed E-state index contributed by atoms with van der Waals surface area (Å²) in [6.45, 7) is 5.09. The van der Waals surface area contributed by atoms with Crippen LogP contribution in [0.2, 0.25) is 0 Å². The minimum absolute atomic E-state index is 0.170. The molecule has 1 atom stereocenters. The van der Waals surface area contributed by atoms with E-state index in [1.54, 1.807) is 7.11 Å². The van der Waals surface area contributed by atoms with Crippen LogP contribution in [0.5, 0.6) is 11.5 Å². The molecule has 0 heterocycles. The maximum atomic E-state index is 6.08. The van der Waals surface area contributed by atoms with Gasteiger partial charge in [0.15, 0.2) is 11.5 Å². The molecule has 0 aromatic heterocycles. The second-order valence-corrected chi connectivity index (χ2v) is 5.58. The number of hydrogen-bond donors (Lipinski definition) is 1. The lowest BCUT2D eigenvalue weighted by Gasteiger charge is -2.17. The Morgan fingerprint density at radius 3 is 2.52 bits per heavy atom. The first-order chi connectivity index (χ1) is 10.2. The van der Waals surface area contributed by atoms with Crippen LogP contribution in [0.1, 0.15) is 57.9 Å². The largest absolute Gasteiger partial charge is 0.493 e. The predicted octanol–water partition coefficient (Wildman–Crippen LogP) is 4.32. The van der Waals surface area contributed by atoms with Gasteiger partial charge in [0.25, 0.3) is 0 Å². The molecule has 0 spiro atoms. The SMILES string of the molecule is CCCCCCCOc1c(CC(N)CC)cccc1OC. The van der Waals surface area contributed by atoms with Gasteiger partial charge in [-0.1, -0.05) is 51.7 Å². The highest BCUT2D eigenvalue weighted by molar-refractivity contribution is 5.47. The Morgan fingerprint density at radius 1 is 1.10 bits per heavy atom. The van der Waals surface area contributed by atoms with Gasteiger partial charge in [-0.3, -0.25) is 0 Å². The van der Waals surface area contributed by atoms with Crippen molar-refractivity contribution in [2.75, 3.05) is 13.7 Å². The summed E-state index contributed by atoms with van der Waals surface area (Å²) in [7, 11) is 1.69. The van der Waals surface area contributed by atoms with Gasteiger partial charge in [0.05, 0.1) is 13.7 Å². The fraction of sp³-hybridized carbons (Fsp3) is 0.667. The molecule has 0 aliphatic rings. The maximum absolute atomic E-state index is 6.08. The Bertz CT molecular complexity index is 393. The van der Waals surface area contributed by atoms with Crippen molar-refractivity contribution in [2.24, 2.45) is 5.73 Å². The zero-order chi connectivity index (χ0) is 15.5. The molecule has 0 radical (unpaired) electrons. The Labute approximate surface area is 129 Å². The Kier molecular flexibility index (Phi) is 8.91. The number of rotatable bonds is 11. The quantitative estimate of drug-likeness (QED) is 0.618. The van der Waals surface area contributed by atoms with E-state index in [9.17, 15) is 0 Å². The molecular weight excluding hydrogens is 262 g/mol. The Hall–Kier alpha value is -1.22. The van der Waals surface area contributed by atoms with Crippen LogP contribution in [0.15, 0.2) is 18.2 Å². The summed E-state index contributed by atoms with van der Waals surface area (Å²) in [5, 5.41) is 0. The molecule has 0 saturated carbocycles. The van der Waals surface area contributed by atoms with Crippen LogP contribution in [-0.2, 0) is 6.42 Å². The number of unbranched alkanes of at least 4 members (excludes halogenated alkanes) is 4. The topological polar surface area (TPSA) is 44.5 Å². The highest BCUT2D eigenvalue weighted by atomic mass is 16.5. The molecule has 0 bridgehead atoms. The standard InChI is InChI=1S/C18H31NO2/c1-4-6-7-8-9-13-21-18-15(14-16(19)5-2)11-10-12-17(18)20-3/h10-12,16H,4-9,13-14,19H2,1-3H3. The molecule has 1 aromatic rings. The molecule has 1 unspecified atom stereocenters. The Balaban J connectivity index is 2.60. The molecule has 3 nitrogen and oxygen atoms in total. The van der Waals surface area contributed by atoms with Gasteiger partial charge in [0.2, 0.25) is 0 Å². The Morgan fingerprint density at radius 2 is 1.86 bits per heavy atom. The van der Waals surface area contributed by atoms with Gasteiger partial charge >= 0.3 is 0 Å². The van der Waals surface area contributed by atoms with E-state index in [1.165, 1.54) is 25.7 Å². The minimum atomic E-state index is 0.170. The molecule has 1 aromatic carbocycles. The van der Waals surface area contributed by atoms with Crippen LogP contribution >= 0.6 is 0 Å². The fourth-order valence-corrected chi connectivity index (χ4v) is 2.35. The first-order valence-electron chi connectivity index (χ1n) is 8.27. The molecule has 2 N–H and O–H groups in total. The number of nitrogens with two attached hydrogens (primary N) is 1. The third kappa shape index (κ3) is 6.38. The van der Waals surface area contributed by atoms with E-state index in [0.29, 0.717) is 0 Å². The third-order valence-corrected chi connectivity index (χ3v) is 3.78. The van der Waals surface area contributed by atoms with Crippen molar-refractivity contribution in [3.05, 3.63) is 23.8 Å². The molecule has 0 aliphatic carbocycles. The summed E-state index contributed by atoms with van der Waals surface area (Å²) in [6, 6.07) is 6.21. The molecule has 0 fully saturated rings. The second kappa shape index (κ2) is 10.5. The number of ether oxygens (including phenoxy) is 2. The number of para-hydroxylation sites is 1. The maximum Gasteiger partial charge on any atom is 0.164 e. The minimum Gasteiger partial charge on any atom is -0.493 e. The van der Waals surface area contributed by atoms with Crippen LogP contribution in [0.3, 0.4) is 0 Å². The number of methoxy groups -OCH3 is 1. The lowest BCUT2D eigenvalue weighted by molar-refractivity contribution is 0.281. The van der Waals surface area contributed by atoms with Crippen LogP contribution in [0.4, 0.5) is 0 Å². The third-order valence-electron chi connectivity index (χ3n) is 3.78. The van der Waals surface area contributed by atoms with E-state index in [-0.39, 0.29) is 6.04 Å². The zero-order valence-electron chi connectivity index (χ0n) is 13.9. The molecule has 21 heavy (non-hydrogen) atoms. The van der Waals surface area contributed by atoms with Gasteiger partial charge in [0.1, 0.15) is 0 Å². The van der Waals surface area contributed by atoms with Crippen molar-refractivity contribution in [2.45, 2.75) is 64.8 Å². The molecule has 1 rings (SSSR count). The average Bonchev–Trinajstić information content (AvgIpc) is 2.51. The van der Waals surface area contributed by atoms with E-state index in [4.69, 9.17) is 15.2 Å². The van der Waals surface area contributed by atoms with Gasteiger partial charge in [0, 0.05) is 6.04 Å². The first-order valence-corrected chi connectivity index (χ1v) is 8.27. The fourth-order valence-electron chi connectivity index (χ4n) is 2.35. The molecule has 0 amide bonds. The van der Waals surface area contributed by atoms with E-state index in [2.05, 4.69) is 19.9 Å². The average molecular weight is 293 g/mol. The summed E-state index contributed by atoms with van der Waals surface area (Å²) in [5.41, 5.74) is 7.23. The highest BCUT2D eigenvalue weighted by Crippen LogP contribution is 2.32. The number of hydrogen-bond acceptors (Lipinski definition) is 3. The van der Waals surface area contributed by atoms with Crippen LogP contribution in [0, 0.1) is 0 Å². The summed E-state index contributed by atoms with van der Waals surface area (Å²) < 4.78 is 11.4. The van der Waals surface area contributed by atoms with Gasteiger partial charge in [-0.15, -0.1) is 0 Å². The monoisotopic (exact) mass is 293 g/mol. The van der Waals surface area contributed by atoms with E-state index >= 15 is 0 Å². The lowest BCUT2D eigenvalue weighted by Crippen LogP contribution is -2.21. The molecule has 120 valence electrons. The van der Waals surface area contributed by atoms with Crippen molar-refractivity contribution in [3.8, 4) is 11.5 Å². The van der Waals surface area contributed by atoms with Gasteiger partial charge in [-0.05, 0) is 30.9 Å². The van der Waals surface area contributed by atoms with E-state index in [1.807, 2.05) is 12.1 Å². The van der Waals surface area contributed by atoms with E-state index in [0.717, 1.165) is 42.9 Å². The first kappa shape index (κ1) is 17.8. The van der Waals surface area contributed by atoms with Crippen molar-refractivity contribution < 1.29 is 9.47 Å².